The summed E-state index contributed by atoms with van der Waals surface area (Å²) in [6, 6.07) is 0.102. The molecule has 2 unspecified atom stereocenters. The molecule has 1 saturated heterocycles. The lowest BCUT2D eigenvalue weighted by Crippen LogP contribution is -2.40. The van der Waals surface area contributed by atoms with Crippen molar-refractivity contribution in [3.63, 3.8) is 0 Å². The zero-order chi connectivity index (χ0) is 8.72. The van der Waals surface area contributed by atoms with Crippen molar-refractivity contribution in [2.24, 2.45) is 11.7 Å². The predicted octanol–water partition coefficient (Wildman–Crippen LogP) is 0.174. The number of hydrogen-bond donors (Lipinski definition) is 1. The van der Waals surface area contributed by atoms with Crippen LogP contribution in [0.4, 0.5) is 4.79 Å². The molecule has 2 rings (SSSR count). The van der Waals surface area contributed by atoms with Gasteiger partial charge in [-0.15, -0.1) is 0 Å². The van der Waals surface area contributed by atoms with E-state index in [1.165, 1.54) is 12.8 Å². The highest BCUT2D eigenvalue weighted by atomic mass is 16.6. The van der Waals surface area contributed by atoms with E-state index in [9.17, 15) is 4.79 Å². The number of rotatable bonds is 2. The smallest absolute Gasteiger partial charge is 0.410 e. The molecule has 4 heteroatoms. The highest BCUT2D eigenvalue weighted by Gasteiger charge is 2.46. The lowest BCUT2D eigenvalue weighted by molar-refractivity contribution is 0.118. The average molecular weight is 170 g/mol. The summed E-state index contributed by atoms with van der Waals surface area (Å²) in [6.45, 7) is 0.503. The highest BCUT2D eigenvalue weighted by Crippen LogP contribution is 2.39. The van der Waals surface area contributed by atoms with Crippen LogP contribution in [-0.2, 0) is 4.74 Å². The van der Waals surface area contributed by atoms with Gasteiger partial charge in [-0.2, -0.15) is 0 Å². The molecule has 2 atom stereocenters. The van der Waals surface area contributed by atoms with Gasteiger partial charge in [-0.05, 0) is 18.8 Å². The monoisotopic (exact) mass is 170 g/mol. The van der Waals surface area contributed by atoms with Crippen LogP contribution in [-0.4, -0.2) is 36.7 Å². The van der Waals surface area contributed by atoms with Gasteiger partial charge in [0.1, 0.15) is 6.10 Å². The summed E-state index contributed by atoms with van der Waals surface area (Å²) in [5, 5.41) is 0. The number of likely N-dealkylation sites (N-methyl/N-ethyl adjacent to an activating group) is 1. The normalized spacial score (nSPS) is 35.5. The van der Waals surface area contributed by atoms with Crippen molar-refractivity contribution in [1.82, 2.24) is 4.90 Å². The molecule has 0 radical (unpaired) electrons. The molecular weight excluding hydrogens is 156 g/mol. The molecule has 2 N–H and O–H groups in total. The standard InChI is InChI=1S/C8H14N2O2/c1-10-6(4-9)7(5-2-3-5)12-8(10)11/h5-7H,2-4,9H2,1H3. The van der Waals surface area contributed by atoms with Gasteiger partial charge in [-0.1, -0.05) is 0 Å². The van der Waals surface area contributed by atoms with Crippen LogP contribution in [0.2, 0.25) is 0 Å². The van der Waals surface area contributed by atoms with Crippen LogP contribution in [0.25, 0.3) is 0 Å². The summed E-state index contributed by atoms with van der Waals surface area (Å²) in [4.78, 5) is 12.7. The number of carbonyl (C=O) groups is 1. The van der Waals surface area contributed by atoms with Gasteiger partial charge in [-0.3, -0.25) is 0 Å². The van der Waals surface area contributed by atoms with Crippen LogP contribution in [0, 0.1) is 5.92 Å². The van der Waals surface area contributed by atoms with Gasteiger partial charge in [0.2, 0.25) is 0 Å². The van der Waals surface area contributed by atoms with Crippen LogP contribution in [0.1, 0.15) is 12.8 Å². The van der Waals surface area contributed by atoms with Crippen molar-refractivity contribution < 1.29 is 9.53 Å². The summed E-state index contributed by atoms with van der Waals surface area (Å²) < 4.78 is 5.21. The molecule has 12 heavy (non-hydrogen) atoms. The van der Waals surface area contributed by atoms with Crippen molar-refractivity contribution in [3.05, 3.63) is 0 Å². The van der Waals surface area contributed by atoms with E-state index in [1.807, 2.05) is 0 Å². The minimum absolute atomic E-state index is 0.0625. The number of carbonyl (C=O) groups excluding carboxylic acids is 1. The molecule has 1 aliphatic heterocycles. The number of amides is 1. The fourth-order valence-corrected chi connectivity index (χ4v) is 1.76. The molecule has 0 aromatic carbocycles. The van der Waals surface area contributed by atoms with Gasteiger partial charge < -0.3 is 15.4 Å². The van der Waals surface area contributed by atoms with Gasteiger partial charge in [0.05, 0.1) is 6.04 Å². The Kier molecular flexibility index (Phi) is 1.72. The first-order valence-electron chi connectivity index (χ1n) is 4.37. The van der Waals surface area contributed by atoms with Crippen LogP contribution in [0.15, 0.2) is 0 Å². The van der Waals surface area contributed by atoms with Crippen LogP contribution < -0.4 is 5.73 Å². The molecule has 0 aromatic rings. The van der Waals surface area contributed by atoms with Gasteiger partial charge in [0, 0.05) is 13.6 Å². The zero-order valence-corrected chi connectivity index (χ0v) is 7.19. The molecule has 68 valence electrons. The Hall–Kier alpha value is -0.770. The van der Waals surface area contributed by atoms with E-state index in [1.54, 1.807) is 11.9 Å². The highest BCUT2D eigenvalue weighted by molar-refractivity contribution is 5.70. The predicted molar refractivity (Wildman–Crippen MR) is 43.6 cm³/mol. The summed E-state index contributed by atoms with van der Waals surface area (Å²) in [5.41, 5.74) is 5.57. The minimum Gasteiger partial charge on any atom is -0.444 e. The summed E-state index contributed by atoms with van der Waals surface area (Å²) >= 11 is 0. The van der Waals surface area contributed by atoms with Crippen LogP contribution >= 0.6 is 0 Å². The molecule has 1 amide bonds. The quantitative estimate of drug-likeness (QED) is 0.643. The first kappa shape index (κ1) is 7.86. The van der Waals surface area contributed by atoms with Crippen LogP contribution in [0.3, 0.4) is 0 Å². The third-order valence-electron chi connectivity index (χ3n) is 2.73. The lowest BCUT2D eigenvalue weighted by atomic mass is 10.1. The molecule has 0 aromatic heterocycles. The van der Waals surface area contributed by atoms with Crippen molar-refractivity contribution >= 4 is 6.09 Å². The Morgan fingerprint density at radius 1 is 1.67 bits per heavy atom. The van der Waals surface area contributed by atoms with E-state index in [0.717, 1.165) is 0 Å². The third-order valence-corrected chi connectivity index (χ3v) is 2.73. The second-order valence-corrected chi connectivity index (χ2v) is 3.60. The lowest BCUT2D eigenvalue weighted by Gasteiger charge is -2.18. The number of nitrogens with two attached hydrogens (primary N) is 1. The number of ether oxygens (including phenoxy) is 1. The van der Waals surface area contributed by atoms with E-state index in [2.05, 4.69) is 0 Å². The molecular formula is C8H14N2O2. The van der Waals surface area contributed by atoms with Crippen molar-refractivity contribution in [1.29, 1.82) is 0 Å². The van der Waals surface area contributed by atoms with E-state index < -0.39 is 0 Å². The summed E-state index contributed by atoms with van der Waals surface area (Å²) in [7, 11) is 1.75. The van der Waals surface area contributed by atoms with E-state index in [4.69, 9.17) is 10.5 Å². The van der Waals surface area contributed by atoms with Crippen molar-refractivity contribution in [2.45, 2.75) is 25.0 Å². The van der Waals surface area contributed by atoms with E-state index in [-0.39, 0.29) is 18.2 Å². The van der Waals surface area contributed by atoms with E-state index in [0.29, 0.717) is 12.5 Å². The second-order valence-electron chi connectivity index (χ2n) is 3.60. The molecule has 1 saturated carbocycles. The Bertz CT molecular complexity index is 203. The fraction of sp³-hybridized carbons (Fsp3) is 0.875. The van der Waals surface area contributed by atoms with Crippen molar-refractivity contribution in [2.75, 3.05) is 13.6 Å². The Balaban J connectivity index is 2.08. The maximum Gasteiger partial charge on any atom is 0.410 e. The molecule has 4 nitrogen and oxygen atoms in total. The zero-order valence-electron chi connectivity index (χ0n) is 7.19. The molecule has 2 fully saturated rings. The van der Waals surface area contributed by atoms with Gasteiger partial charge in [0.25, 0.3) is 0 Å². The topological polar surface area (TPSA) is 55.6 Å². The Morgan fingerprint density at radius 2 is 2.33 bits per heavy atom. The molecule has 0 bridgehead atoms. The number of cyclic esters (lactones) is 1. The van der Waals surface area contributed by atoms with Gasteiger partial charge in [-0.25, -0.2) is 4.79 Å². The molecule has 2 aliphatic rings. The average Bonchev–Trinajstić information content (AvgIpc) is 2.82. The molecule has 0 spiro atoms. The number of hydrogen-bond acceptors (Lipinski definition) is 3. The largest absolute Gasteiger partial charge is 0.444 e. The first-order valence-corrected chi connectivity index (χ1v) is 4.37. The number of nitrogens with zero attached hydrogens (tertiary/aromatic N) is 1. The fourth-order valence-electron chi connectivity index (χ4n) is 1.76. The first-order chi connectivity index (χ1) is 5.74. The Morgan fingerprint density at radius 3 is 2.83 bits per heavy atom. The van der Waals surface area contributed by atoms with Crippen LogP contribution in [0.5, 0.6) is 0 Å². The molecule has 1 aliphatic carbocycles. The Labute approximate surface area is 71.7 Å². The molecule has 1 heterocycles. The maximum absolute atomic E-state index is 11.1. The minimum atomic E-state index is -0.220. The summed E-state index contributed by atoms with van der Waals surface area (Å²) in [6.07, 6.45) is 2.21. The van der Waals surface area contributed by atoms with Gasteiger partial charge in [0.15, 0.2) is 0 Å². The van der Waals surface area contributed by atoms with E-state index >= 15 is 0 Å². The second kappa shape index (κ2) is 2.62. The van der Waals surface area contributed by atoms with Crippen molar-refractivity contribution in [3.8, 4) is 0 Å². The van der Waals surface area contributed by atoms with Gasteiger partial charge >= 0.3 is 6.09 Å². The SMILES string of the molecule is CN1C(=O)OC(C2CC2)C1CN. The third kappa shape index (κ3) is 1.06. The maximum atomic E-state index is 11.1. The summed E-state index contributed by atoms with van der Waals surface area (Å²) in [5.74, 6) is 0.576.